The summed E-state index contributed by atoms with van der Waals surface area (Å²) in [6.07, 6.45) is 1.51. The minimum Gasteiger partial charge on any atom is -0.440 e. The Morgan fingerprint density at radius 2 is 1.63 bits per heavy atom. The largest absolute Gasteiger partial charge is 0.440 e. The van der Waals surface area contributed by atoms with Gasteiger partial charge in [0, 0.05) is 88.9 Å². The molecule has 0 bridgehead atoms. The highest BCUT2D eigenvalue weighted by atomic mass is 32.1. The molecule has 0 aliphatic carbocycles. The van der Waals surface area contributed by atoms with E-state index in [-0.39, 0.29) is 17.4 Å². The number of morpholine rings is 1. The zero-order valence-electron chi connectivity index (χ0n) is 23.9. The highest BCUT2D eigenvalue weighted by molar-refractivity contribution is 7.26. The van der Waals surface area contributed by atoms with Crippen molar-refractivity contribution in [2.75, 3.05) is 68.9 Å². The van der Waals surface area contributed by atoms with Crippen molar-refractivity contribution in [1.82, 2.24) is 4.90 Å². The summed E-state index contributed by atoms with van der Waals surface area (Å²) in [6, 6.07) is 20.4. The van der Waals surface area contributed by atoms with Gasteiger partial charge in [0.15, 0.2) is 11.3 Å². The number of thiophene rings is 1. The van der Waals surface area contributed by atoms with Crippen LogP contribution in [0, 0.1) is 0 Å². The van der Waals surface area contributed by atoms with E-state index in [2.05, 4.69) is 52.3 Å². The van der Waals surface area contributed by atoms with Crippen LogP contribution in [0.3, 0.4) is 0 Å². The first-order valence-corrected chi connectivity index (χ1v) is 16.0. The van der Waals surface area contributed by atoms with Crippen LogP contribution in [0.4, 0.5) is 11.6 Å². The van der Waals surface area contributed by atoms with Crippen molar-refractivity contribution in [2.24, 2.45) is 0 Å². The number of benzene rings is 3. The second-order valence-electron chi connectivity index (χ2n) is 11.5. The van der Waals surface area contributed by atoms with E-state index in [1.807, 2.05) is 17.0 Å². The maximum Gasteiger partial charge on any atom is 0.251 e. The maximum atomic E-state index is 13.3. The van der Waals surface area contributed by atoms with Gasteiger partial charge in [-0.1, -0.05) is 36.4 Å². The summed E-state index contributed by atoms with van der Waals surface area (Å²) in [5.74, 6) is 0.723. The lowest BCUT2D eigenvalue weighted by atomic mass is 9.98. The number of fused-ring (bicyclic) bond motifs is 4. The summed E-state index contributed by atoms with van der Waals surface area (Å²) in [4.78, 5) is 32.7. The SMILES string of the molecule is O=C(C1CCCO1)N1CCN(c2ccc(-c3cccc4c(=O)cc(N5CCOCC5)oc34)c3sc4ccccc4c23)CC1. The van der Waals surface area contributed by atoms with Crippen LogP contribution in [-0.2, 0) is 14.3 Å². The monoisotopic (exact) mass is 595 g/mol. The molecule has 3 fully saturated rings. The Hall–Kier alpha value is -3.92. The zero-order chi connectivity index (χ0) is 28.9. The fourth-order valence-electron chi connectivity index (χ4n) is 6.75. The Morgan fingerprint density at radius 1 is 0.814 bits per heavy atom. The number of piperazine rings is 1. The average molecular weight is 596 g/mol. The van der Waals surface area contributed by atoms with Gasteiger partial charge < -0.3 is 28.6 Å². The lowest BCUT2D eigenvalue weighted by Crippen LogP contribution is -2.51. The third-order valence-electron chi connectivity index (χ3n) is 9.00. The summed E-state index contributed by atoms with van der Waals surface area (Å²) in [7, 11) is 0. The van der Waals surface area contributed by atoms with Gasteiger partial charge in [0.2, 0.25) is 0 Å². The summed E-state index contributed by atoms with van der Waals surface area (Å²) in [6.45, 7) is 6.20. The molecular weight excluding hydrogens is 562 g/mol. The summed E-state index contributed by atoms with van der Waals surface area (Å²) >= 11 is 1.77. The summed E-state index contributed by atoms with van der Waals surface area (Å²) in [5.41, 5.74) is 3.73. The minimum absolute atomic E-state index is 0.0378. The van der Waals surface area contributed by atoms with Crippen molar-refractivity contribution >= 4 is 60.0 Å². The highest BCUT2D eigenvalue weighted by Crippen LogP contribution is 2.46. The molecule has 1 unspecified atom stereocenters. The number of anilines is 2. The van der Waals surface area contributed by atoms with Crippen molar-refractivity contribution in [3.05, 3.63) is 70.9 Å². The van der Waals surface area contributed by atoms with Gasteiger partial charge in [0.25, 0.3) is 5.91 Å². The van der Waals surface area contributed by atoms with Gasteiger partial charge in [-0.15, -0.1) is 11.3 Å². The molecule has 220 valence electrons. The standard InChI is InChI=1S/C34H33N3O5S/c38-27-21-30(36-16-19-40-20-17-36)42-32-22(6-3-7-24(27)32)23-10-11-26(31-25-5-1-2-9-29(25)43-33(23)31)35-12-14-37(15-13-35)34(39)28-8-4-18-41-28/h1-3,5-7,9-11,21,28H,4,8,12-20H2. The molecular formula is C34H33N3O5S. The van der Waals surface area contributed by atoms with Crippen LogP contribution in [0.15, 0.2) is 69.9 Å². The van der Waals surface area contributed by atoms with Crippen molar-refractivity contribution in [3.63, 3.8) is 0 Å². The molecule has 5 heterocycles. The summed E-state index contributed by atoms with van der Waals surface area (Å²) < 4.78 is 20.1. The van der Waals surface area contributed by atoms with E-state index in [0.717, 1.165) is 37.1 Å². The number of hydrogen-bond donors (Lipinski definition) is 0. The van der Waals surface area contributed by atoms with E-state index >= 15 is 0 Å². The molecule has 3 aliphatic rings. The zero-order valence-corrected chi connectivity index (χ0v) is 24.7. The van der Waals surface area contributed by atoms with Gasteiger partial charge in [-0.2, -0.15) is 0 Å². The van der Waals surface area contributed by atoms with Gasteiger partial charge in [0.05, 0.1) is 18.6 Å². The lowest BCUT2D eigenvalue weighted by molar-refractivity contribution is -0.141. The number of hydrogen-bond acceptors (Lipinski definition) is 8. The number of carbonyl (C=O) groups excluding carboxylic acids is 1. The van der Waals surface area contributed by atoms with Gasteiger partial charge in [-0.05, 0) is 31.0 Å². The molecule has 43 heavy (non-hydrogen) atoms. The average Bonchev–Trinajstić information content (AvgIpc) is 3.74. The number of amides is 1. The number of carbonyl (C=O) groups is 1. The predicted molar refractivity (Wildman–Crippen MR) is 172 cm³/mol. The van der Waals surface area contributed by atoms with E-state index < -0.39 is 0 Å². The lowest BCUT2D eigenvalue weighted by Gasteiger charge is -2.37. The number of nitrogens with zero attached hydrogens (tertiary/aromatic N) is 3. The third kappa shape index (κ3) is 4.67. The van der Waals surface area contributed by atoms with E-state index in [9.17, 15) is 9.59 Å². The van der Waals surface area contributed by atoms with Crippen molar-refractivity contribution in [3.8, 4) is 11.1 Å². The Morgan fingerprint density at radius 3 is 2.44 bits per heavy atom. The van der Waals surface area contributed by atoms with E-state index in [0.29, 0.717) is 62.9 Å². The third-order valence-corrected chi connectivity index (χ3v) is 10.2. The molecule has 1 atom stereocenters. The molecule has 0 saturated carbocycles. The highest BCUT2D eigenvalue weighted by Gasteiger charge is 2.31. The molecule has 2 aromatic heterocycles. The Labute approximate surface area is 253 Å². The van der Waals surface area contributed by atoms with Crippen molar-refractivity contribution < 1.29 is 18.7 Å². The van der Waals surface area contributed by atoms with Crippen molar-refractivity contribution in [1.29, 1.82) is 0 Å². The second kappa shape index (κ2) is 11.0. The predicted octanol–water partition coefficient (Wildman–Crippen LogP) is 5.49. The first kappa shape index (κ1) is 26.7. The van der Waals surface area contributed by atoms with E-state index in [1.165, 1.54) is 25.9 Å². The molecule has 3 aliphatic heterocycles. The van der Waals surface area contributed by atoms with Gasteiger partial charge in [-0.25, -0.2) is 0 Å². The Balaban J connectivity index is 1.22. The van der Waals surface area contributed by atoms with Crippen LogP contribution in [0.1, 0.15) is 12.8 Å². The van der Waals surface area contributed by atoms with Crippen LogP contribution < -0.4 is 15.2 Å². The first-order valence-electron chi connectivity index (χ1n) is 15.2. The molecule has 5 aromatic rings. The molecule has 8 nitrogen and oxygen atoms in total. The smallest absolute Gasteiger partial charge is 0.251 e. The second-order valence-corrected chi connectivity index (χ2v) is 12.5. The molecule has 0 spiro atoms. The number of ether oxygens (including phenoxy) is 2. The van der Waals surface area contributed by atoms with E-state index in [4.69, 9.17) is 13.9 Å². The molecule has 8 rings (SSSR count). The molecule has 1 amide bonds. The number of para-hydroxylation sites is 1. The van der Waals surface area contributed by atoms with Gasteiger partial charge in [0.1, 0.15) is 11.7 Å². The molecule has 3 aromatic carbocycles. The van der Waals surface area contributed by atoms with Crippen LogP contribution in [0.2, 0.25) is 0 Å². The van der Waals surface area contributed by atoms with E-state index in [1.54, 1.807) is 17.4 Å². The minimum atomic E-state index is -0.275. The number of rotatable bonds is 4. The molecule has 0 radical (unpaired) electrons. The van der Waals surface area contributed by atoms with Gasteiger partial charge in [-0.3, -0.25) is 9.59 Å². The normalized spacial score (nSPS) is 19.6. The molecule has 3 saturated heterocycles. The Kier molecular flexibility index (Phi) is 6.81. The van der Waals surface area contributed by atoms with Crippen molar-refractivity contribution in [2.45, 2.75) is 18.9 Å². The quantitative estimate of drug-likeness (QED) is 0.272. The molecule has 0 N–H and O–H groups in total. The molecule has 9 heteroatoms. The van der Waals surface area contributed by atoms with Crippen LogP contribution in [-0.4, -0.2) is 76.0 Å². The summed E-state index contributed by atoms with van der Waals surface area (Å²) in [5, 5.41) is 3.01. The maximum absolute atomic E-state index is 13.3. The fourth-order valence-corrected chi connectivity index (χ4v) is 8.00. The first-order chi connectivity index (χ1) is 21.2. The topological polar surface area (TPSA) is 75.5 Å². The fraction of sp³-hybridized carbons (Fsp3) is 0.353. The Bertz CT molecular complexity index is 1900. The van der Waals surface area contributed by atoms with Crippen LogP contribution in [0.25, 0.3) is 42.3 Å². The van der Waals surface area contributed by atoms with Gasteiger partial charge >= 0.3 is 0 Å². The van der Waals surface area contributed by atoms with Crippen LogP contribution in [0.5, 0.6) is 0 Å². The van der Waals surface area contributed by atoms with Crippen LogP contribution >= 0.6 is 11.3 Å².